The van der Waals surface area contributed by atoms with E-state index in [1.807, 2.05) is 0 Å². The first kappa shape index (κ1) is 14.4. The molecule has 1 atom stereocenters. The minimum atomic E-state index is -0.398. The number of thioether (sulfide) groups is 1. The Kier molecular flexibility index (Phi) is 5.24. The summed E-state index contributed by atoms with van der Waals surface area (Å²) in [5.41, 5.74) is 0.420. The van der Waals surface area contributed by atoms with Crippen molar-refractivity contribution in [3.05, 3.63) is 17.0 Å². The van der Waals surface area contributed by atoms with Crippen LogP contribution in [0.25, 0.3) is 0 Å². The van der Waals surface area contributed by atoms with Crippen LogP contribution in [0, 0.1) is 0 Å². The number of esters is 1. The fourth-order valence-corrected chi connectivity index (χ4v) is 3.42. The summed E-state index contributed by atoms with van der Waals surface area (Å²) >= 11 is 3.08. The zero-order valence-electron chi connectivity index (χ0n) is 10.6. The summed E-state index contributed by atoms with van der Waals surface area (Å²) in [5, 5.41) is 8.29. The van der Waals surface area contributed by atoms with Crippen LogP contribution in [0.1, 0.15) is 17.3 Å². The zero-order chi connectivity index (χ0) is 13.7. The second kappa shape index (κ2) is 6.93. The topological polar surface area (TPSA) is 67.4 Å². The van der Waals surface area contributed by atoms with Gasteiger partial charge < -0.3 is 15.4 Å². The Labute approximate surface area is 120 Å². The van der Waals surface area contributed by atoms with Crippen LogP contribution in [0.3, 0.4) is 0 Å². The number of carbonyl (C=O) groups is 2. The fourth-order valence-electron chi connectivity index (χ4n) is 1.71. The summed E-state index contributed by atoms with van der Waals surface area (Å²) < 4.78 is 4.95. The molecule has 0 radical (unpaired) electrons. The number of anilines is 1. The molecule has 1 unspecified atom stereocenters. The maximum absolute atomic E-state index is 12.1. The van der Waals surface area contributed by atoms with Crippen LogP contribution in [-0.2, 0) is 9.53 Å². The number of amides is 1. The van der Waals surface area contributed by atoms with Crippen LogP contribution < -0.4 is 10.6 Å². The summed E-state index contributed by atoms with van der Waals surface area (Å²) in [6.07, 6.45) is 0. The van der Waals surface area contributed by atoms with Gasteiger partial charge in [0.15, 0.2) is 0 Å². The highest BCUT2D eigenvalue weighted by molar-refractivity contribution is 7.99. The van der Waals surface area contributed by atoms with Crippen molar-refractivity contribution >= 4 is 40.0 Å². The third-order valence-electron chi connectivity index (χ3n) is 2.64. The standard InChI is InChI=1S/C12H16N2O3S2/c1-2-17-12(16)8-3-5-19-11(8)14-10(15)9-7-18-6-4-13-9/h3,5,9,13H,2,4,6-7H2,1H3,(H,14,15). The molecule has 2 rings (SSSR count). The van der Waals surface area contributed by atoms with Gasteiger partial charge in [-0.2, -0.15) is 11.8 Å². The van der Waals surface area contributed by atoms with E-state index in [-0.39, 0.29) is 11.9 Å². The molecule has 1 fully saturated rings. The molecule has 1 aliphatic rings. The molecule has 7 heteroatoms. The van der Waals surface area contributed by atoms with Crippen molar-refractivity contribution in [2.45, 2.75) is 13.0 Å². The van der Waals surface area contributed by atoms with E-state index in [2.05, 4.69) is 10.6 Å². The molecule has 2 heterocycles. The fraction of sp³-hybridized carbons (Fsp3) is 0.500. The van der Waals surface area contributed by atoms with Gasteiger partial charge >= 0.3 is 5.97 Å². The molecule has 1 aromatic rings. The van der Waals surface area contributed by atoms with Crippen molar-refractivity contribution in [1.29, 1.82) is 0 Å². The van der Waals surface area contributed by atoms with Crippen LogP contribution in [-0.4, -0.2) is 42.6 Å². The molecule has 1 aromatic heterocycles. The van der Waals surface area contributed by atoms with Gasteiger partial charge in [-0.25, -0.2) is 4.79 Å². The summed E-state index contributed by atoms with van der Waals surface area (Å²) in [6.45, 7) is 2.91. The highest BCUT2D eigenvalue weighted by atomic mass is 32.2. The van der Waals surface area contributed by atoms with E-state index in [4.69, 9.17) is 4.74 Å². The zero-order valence-corrected chi connectivity index (χ0v) is 12.2. The molecule has 0 aliphatic carbocycles. The van der Waals surface area contributed by atoms with Crippen LogP contribution in [0.15, 0.2) is 11.4 Å². The first-order valence-electron chi connectivity index (χ1n) is 6.09. The number of ether oxygens (including phenoxy) is 1. The quantitative estimate of drug-likeness (QED) is 0.826. The number of carbonyl (C=O) groups excluding carboxylic acids is 2. The number of hydrogen-bond donors (Lipinski definition) is 2. The van der Waals surface area contributed by atoms with Gasteiger partial charge in [-0.1, -0.05) is 0 Å². The van der Waals surface area contributed by atoms with Crippen LogP contribution >= 0.6 is 23.1 Å². The minimum absolute atomic E-state index is 0.0970. The Hall–Kier alpha value is -1.05. The molecule has 2 N–H and O–H groups in total. The Morgan fingerprint density at radius 1 is 1.58 bits per heavy atom. The maximum Gasteiger partial charge on any atom is 0.341 e. The summed E-state index contributed by atoms with van der Waals surface area (Å²) in [5.74, 6) is 1.29. The lowest BCUT2D eigenvalue weighted by Gasteiger charge is -2.22. The smallest absolute Gasteiger partial charge is 0.341 e. The van der Waals surface area contributed by atoms with E-state index in [9.17, 15) is 9.59 Å². The van der Waals surface area contributed by atoms with Gasteiger partial charge in [0.05, 0.1) is 18.2 Å². The van der Waals surface area contributed by atoms with Crippen LogP contribution in [0.2, 0.25) is 0 Å². The average Bonchev–Trinajstić information content (AvgIpc) is 2.88. The van der Waals surface area contributed by atoms with Crippen molar-refractivity contribution in [1.82, 2.24) is 5.32 Å². The normalized spacial score (nSPS) is 18.9. The Bertz CT molecular complexity index is 456. The number of rotatable bonds is 4. The first-order chi connectivity index (χ1) is 9.22. The van der Waals surface area contributed by atoms with Crippen molar-refractivity contribution in [2.24, 2.45) is 0 Å². The van der Waals surface area contributed by atoms with Crippen molar-refractivity contribution in [3.63, 3.8) is 0 Å². The average molecular weight is 300 g/mol. The molecule has 0 bridgehead atoms. The van der Waals surface area contributed by atoms with Gasteiger partial charge in [-0.05, 0) is 18.4 Å². The van der Waals surface area contributed by atoms with Crippen molar-refractivity contribution in [3.8, 4) is 0 Å². The lowest BCUT2D eigenvalue weighted by Crippen LogP contribution is -2.46. The second-order valence-corrected chi connectivity index (χ2v) is 6.02. The molecule has 1 amide bonds. The van der Waals surface area contributed by atoms with E-state index < -0.39 is 5.97 Å². The van der Waals surface area contributed by atoms with Crippen molar-refractivity contribution < 1.29 is 14.3 Å². The lowest BCUT2D eigenvalue weighted by atomic mass is 10.3. The van der Waals surface area contributed by atoms with Crippen LogP contribution in [0.4, 0.5) is 5.00 Å². The molecule has 104 valence electrons. The number of nitrogens with one attached hydrogen (secondary N) is 2. The third-order valence-corrected chi connectivity index (χ3v) is 4.53. The summed E-state index contributed by atoms with van der Waals surface area (Å²) in [6, 6.07) is 1.47. The predicted molar refractivity (Wildman–Crippen MR) is 78.0 cm³/mol. The van der Waals surface area contributed by atoms with Gasteiger partial charge in [0.2, 0.25) is 5.91 Å². The van der Waals surface area contributed by atoms with Gasteiger partial charge in [-0.3, -0.25) is 4.79 Å². The Balaban J connectivity index is 2.00. The predicted octanol–water partition coefficient (Wildman–Crippen LogP) is 1.57. The molecule has 19 heavy (non-hydrogen) atoms. The molecule has 5 nitrogen and oxygen atoms in total. The largest absolute Gasteiger partial charge is 0.462 e. The van der Waals surface area contributed by atoms with E-state index >= 15 is 0 Å². The summed E-state index contributed by atoms with van der Waals surface area (Å²) in [7, 11) is 0. The maximum atomic E-state index is 12.1. The highest BCUT2D eigenvalue weighted by Crippen LogP contribution is 2.24. The van der Waals surface area contributed by atoms with E-state index in [1.54, 1.807) is 30.1 Å². The first-order valence-corrected chi connectivity index (χ1v) is 8.12. The molecule has 0 saturated carbocycles. The number of thiophene rings is 1. The Morgan fingerprint density at radius 3 is 3.11 bits per heavy atom. The van der Waals surface area contributed by atoms with Gasteiger partial charge in [0.25, 0.3) is 0 Å². The van der Waals surface area contributed by atoms with Crippen molar-refractivity contribution in [2.75, 3.05) is 30.0 Å². The molecule has 0 spiro atoms. The van der Waals surface area contributed by atoms with Gasteiger partial charge in [0.1, 0.15) is 5.00 Å². The van der Waals surface area contributed by atoms with E-state index in [1.165, 1.54) is 11.3 Å². The lowest BCUT2D eigenvalue weighted by molar-refractivity contribution is -0.117. The number of hydrogen-bond acceptors (Lipinski definition) is 6. The van der Waals surface area contributed by atoms with Gasteiger partial charge in [-0.15, -0.1) is 11.3 Å². The SMILES string of the molecule is CCOC(=O)c1ccsc1NC(=O)C1CSCCN1. The second-order valence-electron chi connectivity index (χ2n) is 3.95. The molecular formula is C12H16N2O3S2. The monoisotopic (exact) mass is 300 g/mol. The van der Waals surface area contributed by atoms with Gasteiger partial charge in [0, 0.05) is 18.1 Å². The molecular weight excluding hydrogens is 284 g/mol. The summed E-state index contributed by atoms with van der Waals surface area (Å²) in [4.78, 5) is 23.8. The highest BCUT2D eigenvalue weighted by Gasteiger charge is 2.23. The molecule has 1 aliphatic heterocycles. The third kappa shape index (κ3) is 3.71. The molecule has 1 saturated heterocycles. The van der Waals surface area contributed by atoms with Crippen LogP contribution in [0.5, 0.6) is 0 Å². The Morgan fingerprint density at radius 2 is 2.42 bits per heavy atom. The molecule has 0 aromatic carbocycles. The minimum Gasteiger partial charge on any atom is -0.462 e. The van der Waals surface area contributed by atoms with E-state index in [0.29, 0.717) is 17.2 Å². The van der Waals surface area contributed by atoms with E-state index in [0.717, 1.165) is 18.1 Å².